The van der Waals surface area contributed by atoms with E-state index in [9.17, 15) is 10.1 Å². The van der Waals surface area contributed by atoms with E-state index in [-0.39, 0.29) is 5.82 Å². The van der Waals surface area contributed by atoms with Gasteiger partial charge in [0.05, 0.1) is 0 Å². The van der Waals surface area contributed by atoms with Crippen LogP contribution >= 0.6 is 0 Å². The lowest BCUT2D eigenvalue weighted by molar-refractivity contribution is -0.388. The van der Waals surface area contributed by atoms with Crippen molar-refractivity contribution >= 4 is 11.6 Å². The summed E-state index contributed by atoms with van der Waals surface area (Å²) in [5.74, 6) is 0.557. The van der Waals surface area contributed by atoms with Gasteiger partial charge in [0.25, 0.3) is 0 Å². The van der Waals surface area contributed by atoms with Crippen molar-refractivity contribution < 1.29 is 4.92 Å². The fourth-order valence-electron chi connectivity index (χ4n) is 2.55. The summed E-state index contributed by atoms with van der Waals surface area (Å²) in [7, 11) is 1.80. The number of nitro groups is 1. The van der Waals surface area contributed by atoms with Gasteiger partial charge in [0, 0.05) is 26.2 Å². The van der Waals surface area contributed by atoms with Gasteiger partial charge in [-0.3, -0.25) is 4.57 Å². The number of hydrogen-bond donors (Lipinski definition) is 1. The normalized spacial score (nSPS) is 19.8. The first-order valence-electron chi connectivity index (χ1n) is 6.28. The predicted molar refractivity (Wildman–Crippen MR) is 68.8 cm³/mol. The molecule has 1 aromatic heterocycles. The van der Waals surface area contributed by atoms with Crippen LogP contribution in [0.25, 0.3) is 0 Å². The van der Waals surface area contributed by atoms with Crippen LogP contribution < -0.4 is 10.2 Å². The lowest BCUT2D eigenvalue weighted by atomic mass is 10.1. The van der Waals surface area contributed by atoms with E-state index >= 15 is 0 Å². The fraction of sp³-hybridized carbons (Fsp3) is 0.727. The third-order valence-electron chi connectivity index (χ3n) is 3.38. The molecule has 1 aliphatic rings. The molecule has 0 saturated carbocycles. The van der Waals surface area contributed by atoms with E-state index in [2.05, 4.69) is 15.2 Å². The van der Waals surface area contributed by atoms with E-state index in [1.165, 1.54) is 6.33 Å². The van der Waals surface area contributed by atoms with Crippen molar-refractivity contribution in [1.29, 1.82) is 0 Å². The summed E-state index contributed by atoms with van der Waals surface area (Å²) in [5.41, 5.74) is 0. The number of nitrogens with one attached hydrogen (secondary N) is 1. The van der Waals surface area contributed by atoms with Crippen LogP contribution in [-0.2, 0) is 7.05 Å². The zero-order valence-corrected chi connectivity index (χ0v) is 10.8. The monoisotopic (exact) mass is 253 g/mol. The molecule has 1 aliphatic heterocycles. The lowest BCUT2D eigenvalue weighted by Crippen LogP contribution is -2.46. The molecule has 1 saturated heterocycles. The number of aromatic nitrogens is 2. The third-order valence-corrected chi connectivity index (χ3v) is 3.38. The maximum absolute atomic E-state index is 11.0. The Labute approximate surface area is 106 Å². The first kappa shape index (κ1) is 12.8. The van der Waals surface area contributed by atoms with Crippen molar-refractivity contribution in [2.24, 2.45) is 7.05 Å². The number of hydrogen-bond acceptors (Lipinski definition) is 5. The van der Waals surface area contributed by atoms with E-state index in [4.69, 9.17) is 0 Å². The minimum Gasteiger partial charge on any atom is -0.358 e. The smallest absolute Gasteiger partial charge is 0.358 e. The molecule has 1 unspecified atom stereocenters. The Morgan fingerprint density at radius 3 is 3.06 bits per heavy atom. The van der Waals surface area contributed by atoms with Gasteiger partial charge in [-0.1, -0.05) is 0 Å². The molecule has 1 fully saturated rings. The summed E-state index contributed by atoms with van der Waals surface area (Å²) in [4.78, 5) is 16.6. The van der Waals surface area contributed by atoms with Gasteiger partial charge in [0.1, 0.15) is 0 Å². The molecule has 7 heteroatoms. The highest BCUT2D eigenvalue weighted by Gasteiger charge is 2.30. The summed E-state index contributed by atoms with van der Waals surface area (Å²) >= 11 is 0. The third kappa shape index (κ3) is 2.31. The lowest BCUT2D eigenvalue weighted by Gasteiger charge is -2.34. The van der Waals surface area contributed by atoms with Crippen LogP contribution in [0, 0.1) is 10.1 Å². The molecule has 1 aromatic rings. The second-order valence-corrected chi connectivity index (χ2v) is 4.55. The van der Waals surface area contributed by atoms with Crippen LogP contribution in [0.2, 0.25) is 0 Å². The van der Waals surface area contributed by atoms with Crippen LogP contribution in [0.1, 0.15) is 19.8 Å². The Bertz CT molecular complexity index is 425. The van der Waals surface area contributed by atoms with Crippen LogP contribution in [-0.4, -0.2) is 40.2 Å². The average molecular weight is 253 g/mol. The maximum atomic E-state index is 11.0. The Hall–Kier alpha value is -1.63. The van der Waals surface area contributed by atoms with Crippen LogP contribution in [0.15, 0.2) is 6.33 Å². The SMILES string of the molecule is CCN(c1c([N+](=O)[O-])ncn1C)C1CCCNC1. The molecular weight excluding hydrogens is 234 g/mol. The minimum atomic E-state index is -0.408. The van der Waals surface area contributed by atoms with E-state index in [1.807, 2.05) is 6.92 Å². The molecule has 18 heavy (non-hydrogen) atoms. The molecule has 0 aromatic carbocycles. The van der Waals surface area contributed by atoms with Crippen molar-refractivity contribution in [2.75, 3.05) is 24.5 Å². The Kier molecular flexibility index (Phi) is 3.81. The molecule has 0 amide bonds. The second-order valence-electron chi connectivity index (χ2n) is 4.55. The highest BCUT2D eigenvalue weighted by molar-refractivity contribution is 5.55. The molecule has 1 N–H and O–H groups in total. The maximum Gasteiger partial charge on any atom is 0.406 e. The number of imidazole rings is 1. The van der Waals surface area contributed by atoms with E-state index < -0.39 is 4.92 Å². The molecule has 0 radical (unpaired) electrons. The van der Waals surface area contributed by atoms with Crippen LogP contribution in [0.3, 0.4) is 0 Å². The minimum absolute atomic E-state index is 0.0510. The number of likely N-dealkylation sites (N-methyl/N-ethyl adjacent to an activating group) is 1. The molecule has 2 heterocycles. The van der Waals surface area contributed by atoms with Gasteiger partial charge >= 0.3 is 5.82 Å². The first-order chi connectivity index (χ1) is 8.65. The molecule has 7 nitrogen and oxygen atoms in total. The van der Waals surface area contributed by atoms with Gasteiger partial charge in [0.15, 0.2) is 0 Å². The van der Waals surface area contributed by atoms with E-state index in [0.29, 0.717) is 11.9 Å². The molecule has 0 spiro atoms. The van der Waals surface area contributed by atoms with Gasteiger partial charge in [-0.15, -0.1) is 0 Å². The van der Waals surface area contributed by atoms with Crippen molar-refractivity contribution in [3.63, 3.8) is 0 Å². The van der Waals surface area contributed by atoms with Crippen molar-refractivity contribution in [2.45, 2.75) is 25.8 Å². The second kappa shape index (κ2) is 5.34. The number of aryl methyl sites for hydroxylation is 1. The van der Waals surface area contributed by atoms with E-state index in [0.717, 1.165) is 32.5 Å². The highest BCUT2D eigenvalue weighted by Crippen LogP contribution is 2.28. The molecule has 1 atom stereocenters. The van der Waals surface area contributed by atoms with Crippen molar-refractivity contribution in [3.05, 3.63) is 16.4 Å². The van der Waals surface area contributed by atoms with Crippen molar-refractivity contribution in [3.8, 4) is 0 Å². The van der Waals surface area contributed by atoms with Gasteiger partial charge in [0.2, 0.25) is 12.1 Å². The van der Waals surface area contributed by atoms with Crippen molar-refractivity contribution in [1.82, 2.24) is 14.9 Å². The quantitative estimate of drug-likeness (QED) is 0.637. The number of nitrogens with zero attached hydrogens (tertiary/aromatic N) is 4. The number of anilines is 1. The molecule has 0 bridgehead atoms. The summed E-state index contributed by atoms with van der Waals surface area (Å²) in [5, 5.41) is 14.4. The summed E-state index contributed by atoms with van der Waals surface area (Å²) in [6.07, 6.45) is 3.67. The number of rotatable bonds is 4. The van der Waals surface area contributed by atoms with E-state index in [1.54, 1.807) is 11.6 Å². The Morgan fingerprint density at radius 1 is 1.72 bits per heavy atom. The standard InChI is InChI=1S/C11H19N5O2/c1-3-15(9-5-4-6-12-7-9)11-10(16(17)18)13-8-14(11)2/h8-9,12H,3-7H2,1-2H3. The molecule has 100 valence electrons. The molecular formula is C11H19N5O2. The predicted octanol–water partition coefficient (Wildman–Crippen LogP) is 0.907. The van der Waals surface area contributed by atoms with Gasteiger partial charge in [-0.25, -0.2) is 0 Å². The van der Waals surface area contributed by atoms with Crippen LogP contribution in [0.5, 0.6) is 0 Å². The first-order valence-corrected chi connectivity index (χ1v) is 6.28. The largest absolute Gasteiger partial charge is 0.406 e. The fourth-order valence-corrected chi connectivity index (χ4v) is 2.55. The van der Waals surface area contributed by atoms with Gasteiger partial charge in [-0.2, -0.15) is 0 Å². The summed E-state index contributed by atoms with van der Waals surface area (Å²) in [6.45, 7) is 4.66. The topological polar surface area (TPSA) is 76.2 Å². The zero-order valence-electron chi connectivity index (χ0n) is 10.8. The summed E-state index contributed by atoms with van der Waals surface area (Å²) in [6, 6.07) is 0.304. The average Bonchev–Trinajstić information content (AvgIpc) is 2.74. The zero-order chi connectivity index (χ0) is 13.1. The molecule has 2 rings (SSSR count). The summed E-state index contributed by atoms with van der Waals surface area (Å²) < 4.78 is 1.73. The Morgan fingerprint density at radius 2 is 2.50 bits per heavy atom. The van der Waals surface area contributed by atoms with Gasteiger partial charge in [-0.05, 0) is 36.2 Å². The van der Waals surface area contributed by atoms with Crippen LogP contribution in [0.4, 0.5) is 11.6 Å². The van der Waals surface area contributed by atoms with Gasteiger partial charge < -0.3 is 20.3 Å². The Balaban J connectivity index is 2.31. The highest BCUT2D eigenvalue weighted by atomic mass is 16.6. The molecule has 0 aliphatic carbocycles. The number of piperidine rings is 1.